The van der Waals surface area contributed by atoms with E-state index >= 15 is 0 Å². The molecule has 9 nitrogen and oxygen atoms in total. The number of carboxylic acid groups (broad SMARTS) is 1. The minimum atomic E-state index is -1.15. The van der Waals surface area contributed by atoms with Crippen LogP contribution in [0.5, 0.6) is 0 Å². The number of carbonyl (C=O) groups is 4. The molecular formula is C15H28N4O5. The van der Waals surface area contributed by atoms with Crippen molar-refractivity contribution in [3.63, 3.8) is 0 Å². The van der Waals surface area contributed by atoms with Gasteiger partial charge < -0.3 is 27.2 Å². The normalized spacial score (nSPS) is 14.8. The number of amides is 3. The Bertz CT molecular complexity index is 478. The number of nitrogens with one attached hydrogen (secondary N) is 2. The van der Waals surface area contributed by atoms with E-state index < -0.39 is 41.8 Å². The fourth-order valence-corrected chi connectivity index (χ4v) is 1.98. The van der Waals surface area contributed by atoms with Crippen molar-refractivity contribution >= 4 is 23.7 Å². The molecule has 3 amide bonds. The first-order valence-corrected chi connectivity index (χ1v) is 7.84. The molecule has 0 saturated carbocycles. The van der Waals surface area contributed by atoms with E-state index in [0.29, 0.717) is 0 Å². The molecule has 0 aliphatic carbocycles. The summed E-state index contributed by atoms with van der Waals surface area (Å²) >= 11 is 0. The Morgan fingerprint density at radius 1 is 0.917 bits per heavy atom. The number of hydrogen-bond acceptors (Lipinski definition) is 5. The largest absolute Gasteiger partial charge is 0.480 e. The summed E-state index contributed by atoms with van der Waals surface area (Å²) in [6.07, 6.45) is 0.0267. The number of primary amides is 1. The Kier molecular flexibility index (Phi) is 8.97. The summed E-state index contributed by atoms with van der Waals surface area (Å²) in [7, 11) is 0. The zero-order valence-corrected chi connectivity index (χ0v) is 14.5. The molecule has 0 aliphatic rings. The maximum Gasteiger partial charge on any atom is 0.326 e. The van der Waals surface area contributed by atoms with E-state index in [9.17, 15) is 19.2 Å². The average Bonchev–Trinajstić information content (AvgIpc) is 2.45. The van der Waals surface area contributed by atoms with Gasteiger partial charge in [0.2, 0.25) is 17.7 Å². The van der Waals surface area contributed by atoms with Crippen molar-refractivity contribution in [1.82, 2.24) is 10.6 Å². The Hall–Kier alpha value is -2.16. The summed E-state index contributed by atoms with van der Waals surface area (Å²) in [6.45, 7) is 6.76. The van der Waals surface area contributed by atoms with Gasteiger partial charge in [-0.15, -0.1) is 0 Å². The highest BCUT2D eigenvalue weighted by Crippen LogP contribution is 2.07. The summed E-state index contributed by atoms with van der Waals surface area (Å²) in [5.74, 6) is -3.50. The number of nitrogens with two attached hydrogens (primary N) is 2. The first-order valence-electron chi connectivity index (χ1n) is 7.84. The third kappa shape index (κ3) is 7.40. The topological polar surface area (TPSA) is 165 Å². The van der Waals surface area contributed by atoms with Crippen LogP contribution < -0.4 is 22.1 Å². The highest BCUT2D eigenvalue weighted by Gasteiger charge is 2.31. The van der Waals surface area contributed by atoms with E-state index in [1.807, 2.05) is 0 Å². The molecule has 0 spiro atoms. The SMILES string of the molecule is CC(C)C(NC(=O)C(NC(=O)C(N)CCC(N)=O)C(C)C)C(=O)O. The van der Waals surface area contributed by atoms with E-state index in [1.165, 1.54) is 0 Å². The van der Waals surface area contributed by atoms with Crippen LogP contribution in [0, 0.1) is 11.8 Å². The Labute approximate surface area is 141 Å². The maximum absolute atomic E-state index is 12.3. The minimum absolute atomic E-state index is 0.0401. The standard InChI is InChI=1S/C15H28N4O5/c1-7(2)11(14(22)19-12(8(3)4)15(23)24)18-13(21)9(16)5-6-10(17)20/h7-9,11-12H,5-6,16H2,1-4H3,(H2,17,20)(H,18,21)(H,19,22)(H,23,24). The molecule has 0 rings (SSSR count). The molecule has 0 aromatic rings. The lowest BCUT2D eigenvalue weighted by Gasteiger charge is -2.26. The van der Waals surface area contributed by atoms with Crippen molar-refractivity contribution in [3.05, 3.63) is 0 Å². The van der Waals surface area contributed by atoms with Crippen LogP contribution in [-0.4, -0.2) is 46.9 Å². The highest BCUT2D eigenvalue weighted by atomic mass is 16.4. The van der Waals surface area contributed by atoms with E-state index in [-0.39, 0.29) is 24.7 Å². The molecule has 0 aromatic carbocycles. The zero-order chi connectivity index (χ0) is 19.0. The number of hydrogen-bond donors (Lipinski definition) is 5. The molecule has 3 unspecified atom stereocenters. The van der Waals surface area contributed by atoms with Crippen LogP contribution in [0.25, 0.3) is 0 Å². The number of aliphatic carboxylic acids is 1. The average molecular weight is 344 g/mol. The van der Waals surface area contributed by atoms with Gasteiger partial charge in [-0.2, -0.15) is 0 Å². The van der Waals surface area contributed by atoms with E-state index in [4.69, 9.17) is 16.6 Å². The van der Waals surface area contributed by atoms with Crippen LogP contribution in [0.3, 0.4) is 0 Å². The number of rotatable bonds is 10. The molecule has 0 heterocycles. The summed E-state index contributed by atoms with van der Waals surface area (Å²) in [5, 5.41) is 14.1. The maximum atomic E-state index is 12.3. The monoisotopic (exact) mass is 344 g/mol. The smallest absolute Gasteiger partial charge is 0.326 e. The Morgan fingerprint density at radius 3 is 1.75 bits per heavy atom. The van der Waals surface area contributed by atoms with Crippen molar-refractivity contribution < 1.29 is 24.3 Å². The first-order chi connectivity index (χ1) is 11.0. The van der Waals surface area contributed by atoms with Crippen LogP contribution in [0.2, 0.25) is 0 Å². The second-order valence-electron chi connectivity index (χ2n) is 6.41. The second-order valence-corrected chi connectivity index (χ2v) is 6.41. The zero-order valence-electron chi connectivity index (χ0n) is 14.5. The van der Waals surface area contributed by atoms with Crippen molar-refractivity contribution in [2.75, 3.05) is 0 Å². The minimum Gasteiger partial charge on any atom is -0.480 e. The van der Waals surface area contributed by atoms with Crippen molar-refractivity contribution in [2.45, 2.75) is 58.7 Å². The van der Waals surface area contributed by atoms with Crippen LogP contribution in [0.1, 0.15) is 40.5 Å². The molecule has 9 heteroatoms. The molecule has 0 bridgehead atoms. The van der Waals surface area contributed by atoms with Gasteiger partial charge in [-0.05, 0) is 18.3 Å². The Balaban J connectivity index is 4.90. The van der Waals surface area contributed by atoms with Gasteiger partial charge in [0.15, 0.2) is 0 Å². The molecule has 0 aliphatic heterocycles. The van der Waals surface area contributed by atoms with Gasteiger partial charge in [0.05, 0.1) is 6.04 Å². The third-order valence-electron chi connectivity index (χ3n) is 3.52. The fourth-order valence-electron chi connectivity index (χ4n) is 1.98. The van der Waals surface area contributed by atoms with Gasteiger partial charge in [0.1, 0.15) is 12.1 Å². The quantitative estimate of drug-likeness (QED) is 0.339. The van der Waals surface area contributed by atoms with Crippen LogP contribution in [-0.2, 0) is 19.2 Å². The highest BCUT2D eigenvalue weighted by molar-refractivity contribution is 5.92. The van der Waals surface area contributed by atoms with E-state index in [1.54, 1.807) is 27.7 Å². The Morgan fingerprint density at radius 2 is 1.38 bits per heavy atom. The van der Waals surface area contributed by atoms with Crippen LogP contribution in [0.4, 0.5) is 0 Å². The van der Waals surface area contributed by atoms with Crippen LogP contribution >= 0.6 is 0 Å². The van der Waals surface area contributed by atoms with E-state index in [0.717, 1.165) is 0 Å². The summed E-state index contributed by atoms with van der Waals surface area (Å²) < 4.78 is 0. The van der Waals surface area contributed by atoms with E-state index in [2.05, 4.69) is 10.6 Å². The second kappa shape index (κ2) is 9.86. The van der Waals surface area contributed by atoms with Crippen molar-refractivity contribution in [2.24, 2.45) is 23.3 Å². The molecule has 138 valence electrons. The molecule has 0 radical (unpaired) electrons. The molecule has 7 N–H and O–H groups in total. The lowest BCUT2D eigenvalue weighted by molar-refractivity contribution is -0.143. The molecule has 24 heavy (non-hydrogen) atoms. The molecule has 0 aromatic heterocycles. The predicted octanol–water partition coefficient (Wildman–Crippen LogP) is -1.05. The summed E-state index contributed by atoms with van der Waals surface area (Å²) in [4.78, 5) is 46.3. The molecule has 0 fully saturated rings. The van der Waals surface area contributed by atoms with Gasteiger partial charge in [-0.1, -0.05) is 27.7 Å². The van der Waals surface area contributed by atoms with Crippen LogP contribution in [0.15, 0.2) is 0 Å². The van der Waals surface area contributed by atoms with Gasteiger partial charge in [-0.3, -0.25) is 14.4 Å². The number of carbonyl (C=O) groups excluding carboxylic acids is 3. The fraction of sp³-hybridized carbons (Fsp3) is 0.733. The van der Waals surface area contributed by atoms with Crippen molar-refractivity contribution in [1.29, 1.82) is 0 Å². The van der Waals surface area contributed by atoms with Gasteiger partial charge in [0.25, 0.3) is 0 Å². The van der Waals surface area contributed by atoms with Gasteiger partial charge in [-0.25, -0.2) is 4.79 Å². The lowest BCUT2D eigenvalue weighted by Crippen LogP contribution is -2.57. The summed E-state index contributed by atoms with van der Waals surface area (Å²) in [6, 6.07) is -2.97. The molecule has 3 atom stereocenters. The predicted molar refractivity (Wildman–Crippen MR) is 87.6 cm³/mol. The van der Waals surface area contributed by atoms with Gasteiger partial charge in [0, 0.05) is 6.42 Å². The molecular weight excluding hydrogens is 316 g/mol. The first kappa shape index (κ1) is 21.8. The molecule has 0 saturated heterocycles. The summed E-state index contributed by atoms with van der Waals surface area (Å²) in [5.41, 5.74) is 10.7. The lowest BCUT2D eigenvalue weighted by atomic mass is 9.99. The number of carboxylic acids is 1. The third-order valence-corrected chi connectivity index (χ3v) is 3.52. The van der Waals surface area contributed by atoms with Crippen molar-refractivity contribution in [3.8, 4) is 0 Å². The van der Waals surface area contributed by atoms with Gasteiger partial charge >= 0.3 is 5.97 Å².